The van der Waals surface area contributed by atoms with Gasteiger partial charge in [0, 0.05) is 69.2 Å². The van der Waals surface area contributed by atoms with Crippen molar-refractivity contribution in [3.63, 3.8) is 0 Å². The second-order valence-electron chi connectivity index (χ2n) is 23.4. The number of hydrogen-bond acceptors (Lipinski definition) is 10. The molecular weight excluding hydrogens is 1270 g/mol. The van der Waals surface area contributed by atoms with E-state index >= 15 is 0 Å². The Balaban J connectivity index is 0.000000164. The number of thiophene rings is 1. The second-order valence-corrected chi connectivity index (χ2v) is 26.5. The second kappa shape index (κ2) is 39.2. The molecule has 0 bridgehead atoms. The van der Waals surface area contributed by atoms with Gasteiger partial charge in [-0.3, -0.25) is 28.8 Å². The maximum Gasteiger partial charge on any atom is 0.197 e. The highest BCUT2D eigenvalue weighted by Gasteiger charge is 2.29. The molecule has 1 aliphatic rings. The van der Waals surface area contributed by atoms with Crippen LogP contribution < -0.4 is 0 Å². The monoisotopic (exact) mass is 1350 g/mol. The molecule has 2 aromatic heterocycles. The molecule has 10 aromatic carbocycles. The quantitative estimate of drug-likeness (QED) is 0.0812. The smallest absolute Gasteiger partial charge is 0.197 e. The van der Waals surface area contributed by atoms with E-state index < -0.39 is 9.84 Å². The third-order valence-electron chi connectivity index (χ3n) is 16.6. The molecule has 0 unspecified atom stereocenters. The van der Waals surface area contributed by atoms with E-state index in [2.05, 4.69) is 57.2 Å². The maximum atomic E-state index is 12.4. The van der Waals surface area contributed by atoms with E-state index in [9.17, 15) is 37.2 Å². The van der Waals surface area contributed by atoms with E-state index in [0.29, 0.717) is 64.4 Å². The van der Waals surface area contributed by atoms with Crippen molar-refractivity contribution in [2.75, 3.05) is 0 Å². The molecule has 9 nitrogen and oxygen atoms in total. The van der Waals surface area contributed by atoms with Crippen LogP contribution in [0.4, 0.5) is 0 Å². The SMILES string of the molecule is CCC(=O)CCc1ccccc1.CCC(=O)c1cc2ccccc2o1.CCC(=O)c1cc2ccccc2s1.CCc1ccc(C(=O)c2ccccc2)cc1.CCc1ccc2c(c1)C(=O)c1ccccc1C2=O.CCc1ccccc1C.CCc1ccccc1CS(=O)(=O)c1ccccc1. The van der Waals surface area contributed by atoms with Crippen molar-refractivity contribution < 1.29 is 41.6 Å². The Hall–Kier alpha value is -10.3. The Morgan fingerprint density at radius 2 is 0.899 bits per heavy atom. The number of fused-ring (bicyclic) bond motifs is 4. The lowest BCUT2D eigenvalue weighted by Gasteiger charge is -2.17. The highest BCUT2D eigenvalue weighted by molar-refractivity contribution is 7.90. The third-order valence-corrected chi connectivity index (χ3v) is 19.5. The summed E-state index contributed by atoms with van der Waals surface area (Å²) in [5.41, 5.74) is 12.8. The first-order valence-electron chi connectivity index (χ1n) is 33.9. The van der Waals surface area contributed by atoms with Gasteiger partial charge in [0.2, 0.25) is 0 Å². The predicted octanol–water partition coefficient (Wildman–Crippen LogP) is 21.4. The lowest BCUT2D eigenvalue weighted by Crippen LogP contribution is -2.20. The van der Waals surface area contributed by atoms with E-state index in [0.717, 1.165) is 75.8 Å². The minimum absolute atomic E-state index is 0.0458. The largest absolute Gasteiger partial charge is 0.453 e. The van der Waals surface area contributed by atoms with Crippen molar-refractivity contribution in [2.24, 2.45) is 0 Å². The molecule has 0 N–H and O–H groups in total. The van der Waals surface area contributed by atoms with Gasteiger partial charge in [-0.05, 0) is 126 Å². The summed E-state index contributed by atoms with van der Waals surface area (Å²) < 4.78 is 31.1. The Morgan fingerprint density at radius 1 is 0.404 bits per heavy atom. The van der Waals surface area contributed by atoms with Crippen LogP contribution >= 0.6 is 11.3 Å². The molecule has 0 saturated carbocycles. The summed E-state index contributed by atoms with van der Waals surface area (Å²) in [6.45, 7) is 16.1. The van der Waals surface area contributed by atoms with Crippen LogP contribution in [0.1, 0.15) is 181 Å². The molecule has 2 heterocycles. The molecule has 0 atom stereocenters. The molecule has 0 aliphatic heterocycles. The van der Waals surface area contributed by atoms with Gasteiger partial charge in [0.25, 0.3) is 0 Å². The number of hydrogen-bond donors (Lipinski definition) is 0. The molecule has 0 saturated heterocycles. The zero-order chi connectivity index (χ0) is 71.1. The van der Waals surface area contributed by atoms with Crippen LogP contribution in [0.3, 0.4) is 0 Å². The number of para-hydroxylation sites is 1. The summed E-state index contributed by atoms with van der Waals surface area (Å²) in [5.74, 6) is 1.16. The summed E-state index contributed by atoms with van der Waals surface area (Å²) >= 11 is 1.58. The molecule has 0 radical (unpaired) electrons. The Kier molecular flexibility index (Phi) is 30.1. The van der Waals surface area contributed by atoms with Gasteiger partial charge in [0.05, 0.1) is 15.5 Å². The van der Waals surface area contributed by atoms with Crippen molar-refractivity contribution in [3.05, 3.63) is 350 Å². The van der Waals surface area contributed by atoms with Gasteiger partial charge in [-0.2, -0.15) is 0 Å². The van der Waals surface area contributed by atoms with E-state index in [1.54, 1.807) is 72.0 Å². The number of rotatable bonds is 17. The fraction of sp³-hybridized carbons (Fsp3) is 0.205. The number of carbonyl (C=O) groups is 6. The van der Waals surface area contributed by atoms with Crippen LogP contribution in [0.15, 0.2) is 276 Å². The first-order chi connectivity index (χ1) is 47.9. The summed E-state index contributed by atoms with van der Waals surface area (Å²) in [4.78, 5) is 71.6. The number of carbonyl (C=O) groups excluding carboxylic acids is 6. The van der Waals surface area contributed by atoms with Gasteiger partial charge >= 0.3 is 0 Å². The van der Waals surface area contributed by atoms with E-state index in [1.165, 1.54) is 32.3 Å². The molecule has 506 valence electrons. The molecule has 13 rings (SSSR count). The minimum atomic E-state index is -3.25. The summed E-state index contributed by atoms with van der Waals surface area (Å²) in [7, 11) is -3.25. The van der Waals surface area contributed by atoms with Crippen molar-refractivity contribution in [3.8, 4) is 0 Å². The molecular formula is C88H88O9S2. The lowest BCUT2D eigenvalue weighted by atomic mass is 9.83. The average Bonchev–Trinajstić information content (AvgIpc) is 1.69. The van der Waals surface area contributed by atoms with Crippen molar-refractivity contribution in [1.29, 1.82) is 0 Å². The Bertz CT molecular complexity index is 4570. The van der Waals surface area contributed by atoms with Crippen LogP contribution in [-0.4, -0.2) is 43.1 Å². The summed E-state index contributed by atoms with van der Waals surface area (Å²) in [6, 6.07) is 84.1. The van der Waals surface area contributed by atoms with Crippen LogP contribution in [0.25, 0.3) is 21.1 Å². The van der Waals surface area contributed by atoms with Gasteiger partial charge < -0.3 is 4.42 Å². The number of ketones is 6. The number of benzene rings is 10. The highest BCUT2D eigenvalue weighted by Crippen LogP contribution is 2.29. The van der Waals surface area contributed by atoms with Gasteiger partial charge in [-0.1, -0.05) is 273 Å². The van der Waals surface area contributed by atoms with Crippen LogP contribution in [0, 0.1) is 6.92 Å². The first-order valence-corrected chi connectivity index (χ1v) is 36.4. The normalized spacial score (nSPS) is 10.9. The fourth-order valence-electron chi connectivity index (χ4n) is 10.7. The Morgan fingerprint density at radius 3 is 1.46 bits per heavy atom. The predicted molar refractivity (Wildman–Crippen MR) is 406 cm³/mol. The van der Waals surface area contributed by atoms with Crippen LogP contribution in [0.2, 0.25) is 0 Å². The van der Waals surface area contributed by atoms with Crippen molar-refractivity contribution in [1.82, 2.24) is 0 Å². The van der Waals surface area contributed by atoms with Crippen LogP contribution in [-0.2, 0) is 52.5 Å². The van der Waals surface area contributed by atoms with E-state index in [4.69, 9.17) is 4.42 Å². The first kappa shape index (κ1) is 76.0. The molecule has 12 aromatic rings. The molecule has 0 fully saturated rings. The topological polar surface area (TPSA) is 150 Å². The standard InChI is InChI=1S/C16H12O2.C15H16O2S.C15H14O.C11H10O2.C11H10OS.C11H14O.C9H12/c1-2-10-7-8-13-14(9-10)16(18)12-6-4-3-5-11(12)15(13)17;1-2-13-8-6-7-9-14(13)12-18(16,17)15-10-4-3-5-11-15;1-2-12-8-10-14(11-9-12)15(16)13-6-4-3-5-7-13;2*1-2-9(12)11-7-8-5-3-4-6-10(8)13-11;1-2-11(12)9-8-10-6-4-3-5-7-10;1-3-9-7-5-4-6-8(9)2/h3-9H,2H2,1H3;3-11H,2,12H2,1H3;3-11H,2H2,1H3;2*3-7H,2H2,1H3;3-7H,2,8-9H2,1H3;4-7H,3H2,1-2H3. The number of sulfone groups is 1. The van der Waals surface area contributed by atoms with Crippen LogP contribution in [0.5, 0.6) is 0 Å². The number of aryl methyl sites for hydroxylation is 6. The van der Waals surface area contributed by atoms with Gasteiger partial charge in [-0.15, -0.1) is 11.3 Å². The fourth-order valence-corrected chi connectivity index (χ4v) is 13.2. The third kappa shape index (κ3) is 22.4. The van der Waals surface area contributed by atoms with Crippen molar-refractivity contribution in [2.45, 2.75) is 124 Å². The van der Waals surface area contributed by atoms with Gasteiger partial charge in [-0.25, -0.2) is 8.42 Å². The number of furan rings is 1. The Labute approximate surface area is 588 Å². The average molecular weight is 1350 g/mol. The molecule has 1 aliphatic carbocycles. The van der Waals surface area contributed by atoms with E-state index in [-0.39, 0.29) is 34.7 Å². The molecule has 11 heteroatoms. The summed E-state index contributed by atoms with van der Waals surface area (Å²) in [6.07, 6.45) is 7.15. The van der Waals surface area contributed by atoms with Gasteiger partial charge in [0.15, 0.2) is 44.5 Å². The zero-order valence-electron chi connectivity index (χ0n) is 58.0. The molecule has 0 amide bonds. The van der Waals surface area contributed by atoms with Crippen molar-refractivity contribution >= 4 is 76.9 Å². The number of Topliss-reactive ketones (excluding diaryl/α,β-unsaturated/α-hetero) is 3. The highest BCUT2D eigenvalue weighted by atomic mass is 32.2. The maximum absolute atomic E-state index is 12.4. The molecule has 0 spiro atoms. The van der Waals surface area contributed by atoms with E-state index in [1.807, 2.05) is 204 Å². The molecule has 99 heavy (non-hydrogen) atoms. The van der Waals surface area contributed by atoms with Gasteiger partial charge in [0.1, 0.15) is 11.4 Å². The zero-order valence-corrected chi connectivity index (χ0v) is 59.6. The summed E-state index contributed by atoms with van der Waals surface area (Å²) in [5, 5.41) is 2.16. The lowest BCUT2D eigenvalue weighted by molar-refractivity contribution is -0.118. The minimum Gasteiger partial charge on any atom is -0.453 e.